The summed E-state index contributed by atoms with van der Waals surface area (Å²) in [6.45, 7) is 5.15. The second kappa shape index (κ2) is 5.37. The maximum absolute atomic E-state index is 13.1. The molecule has 3 N–H and O–H groups in total. The fraction of sp³-hybridized carbons (Fsp3) is 0.200. The van der Waals surface area contributed by atoms with Crippen molar-refractivity contribution in [2.24, 2.45) is 0 Å². The average molecular weight is 308 g/mol. The van der Waals surface area contributed by atoms with Crippen molar-refractivity contribution in [3.8, 4) is 0 Å². The summed E-state index contributed by atoms with van der Waals surface area (Å²) in [5.74, 6) is -0.415. The van der Waals surface area contributed by atoms with Gasteiger partial charge in [-0.3, -0.25) is 4.72 Å². The van der Waals surface area contributed by atoms with Gasteiger partial charge < -0.3 is 5.73 Å². The standard InChI is InChI=1S/C15H17FN2O2S/c1-9-4-6-13(17)15(11(9)3)21(19,20)18-14-7-5-12(16)8-10(14)2/h4-8,18H,17H2,1-3H3. The Labute approximate surface area is 123 Å². The molecule has 112 valence electrons. The normalized spacial score (nSPS) is 11.4. The Balaban J connectivity index is 2.51. The molecule has 0 amide bonds. The predicted octanol–water partition coefficient (Wildman–Crippen LogP) is 3.13. The molecule has 0 aromatic heterocycles. The van der Waals surface area contributed by atoms with Crippen LogP contribution in [0.4, 0.5) is 15.8 Å². The molecule has 0 saturated carbocycles. The number of anilines is 2. The molecule has 0 aliphatic carbocycles. The van der Waals surface area contributed by atoms with Gasteiger partial charge in [-0.25, -0.2) is 12.8 Å². The van der Waals surface area contributed by atoms with Crippen molar-refractivity contribution in [2.45, 2.75) is 25.7 Å². The van der Waals surface area contributed by atoms with Crippen LogP contribution in [-0.4, -0.2) is 8.42 Å². The number of nitrogens with one attached hydrogen (secondary N) is 1. The SMILES string of the molecule is Cc1cc(F)ccc1NS(=O)(=O)c1c(N)ccc(C)c1C. The first-order valence-electron chi connectivity index (χ1n) is 6.37. The highest BCUT2D eigenvalue weighted by Crippen LogP contribution is 2.28. The first kappa shape index (κ1) is 15.3. The molecule has 0 atom stereocenters. The fourth-order valence-electron chi connectivity index (χ4n) is 2.11. The van der Waals surface area contributed by atoms with Gasteiger partial charge >= 0.3 is 0 Å². The molecular formula is C15H17FN2O2S. The number of hydrogen-bond donors (Lipinski definition) is 2. The third-order valence-electron chi connectivity index (χ3n) is 3.41. The van der Waals surface area contributed by atoms with Crippen molar-refractivity contribution in [2.75, 3.05) is 10.5 Å². The number of nitrogen functional groups attached to an aromatic ring is 1. The summed E-state index contributed by atoms with van der Waals surface area (Å²) in [7, 11) is -3.83. The predicted molar refractivity (Wildman–Crippen MR) is 82.3 cm³/mol. The van der Waals surface area contributed by atoms with Crippen molar-refractivity contribution in [3.63, 3.8) is 0 Å². The highest BCUT2D eigenvalue weighted by atomic mass is 32.2. The van der Waals surface area contributed by atoms with Crippen molar-refractivity contribution >= 4 is 21.4 Å². The zero-order valence-corrected chi connectivity index (χ0v) is 12.9. The minimum absolute atomic E-state index is 0.0613. The smallest absolute Gasteiger partial charge is 0.264 e. The Morgan fingerprint density at radius 1 is 1.05 bits per heavy atom. The van der Waals surface area contributed by atoms with Crippen LogP contribution in [0.2, 0.25) is 0 Å². The molecule has 0 bridgehead atoms. The second-order valence-electron chi connectivity index (χ2n) is 4.99. The van der Waals surface area contributed by atoms with Crippen molar-refractivity contribution < 1.29 is 12.8 Å². The number of benzene rings is 2. The van der Waals surface area contributed by atoms with Gasteiger partial charge in [-0.2, -0.15) is 0 Å². The summed E-state index contributed by atoms with van der Waals surface area (Å²) < 4.78 is 40.6. The lowest BCUT2D eigenvalue weighted by Gasteiger charge is -2.15. The molecule has 0 unspecified atom stereocenters. The van der Waals surface area contributed by atoms with E-state index in [2.05, 4.69) is 4.72 Å². The van der Waals surface area contributed by atoms with Gasteiger partial charge in [-0.1, -0.05) is 6.07 Å². The molecule has 0 aliphatic heterocycles. The molecule has 6 heteroatoms. The van der Waals surface area contributed by atoms with E-state index in [9.17, 15) is 12.8 Å². The molecule has 0 saturated heterocycles. The van der Waals surface area contributed by atoms with Crippen LogP contribution >= 0.6 is 0 Å². The van der Waals surface area contributed by atoms with Crippen LogP contribution in [0.25, 0.3) is 0 Å². The zero-order chi connectivity index (χ0) is 15.8. The quantitative estimate of drug-likeness (QED) is 0.856. The Kier molecular flexibility index (Phi) is 3.91. The lowest BCUT2D eigenvalue weighted by molar-refractivity contribution is 0.600. The average Bonchev–Trinajstić information content (AvgIpc) is 2.37. The highest BCUT2D eigenvalue weighted by Gasteiger charge is 2.22. The number of sulfonamides is 1. The second-order valence-corrected chi connectivity index (χ2v) is 6.61. The van der Waals surface area contributed by atoms with E-state index in [1.165, 1.54) is 18.2 Å². The third kappa shape index (κ3) is 3.00. The summed E-state index contributed by atoms with van der Waals surface area (Å²) in [6.07, 6.45) is 0. The van der Waals surface area contributed by atoms with Gasteiger partial charge in [0.15, 0.2) is 0 Å². The van der Waals surface area contributed by atoms with E-state index in [1.54, 1.807) is 26.0 Å². The zero-order valence-electron chi connectivity index (χ0n) is 12.1. The number of rotatable bonds is 3. The minimum atomic E-state index is -3.83. The Morgan fingerprint density at radius 3 is 2.33 bits per heavy atom. The summed E-state index contributed by atoms with van der Waals surface area (Å²) >= 11 is 0. The first-order chi connectivity index (χ1) is 9.72. The summed E-state index contributed by atoms with van der Waals surface area (Å²) in [5.41, 5.74) is 8.26. The van der Waals surface area contributed by atoms with E-state index >= 15 is 0 Å². The lowest BCUT2D eigenvalue weighted by atomic mass is 10.1. The van der Waals surface area contributed by atoms with Gasteiger partial charge in [-0.05, 0) is 61.7 Å². The van der Waals surface area contributed by atoms with Crippen molar-refractivity contribution in [3.05, 3.63) is 52.8 Å². The Bertz CT molecular complexity index is 802. The number of aryl methyl sites for hydroxylation is 2. The fourth-order valence-corrected chi connectivity index (χ4v) is 3.67. The van der Waals surface area contributed by atoms with Crippen molar-refractivity contribution in [1.82, 2.24) is 0 Å². The number of nitrogens with two attached hydrogens (primary N) is 1. The number of hydrogen-bond acceptors (Lipinski definition) is 3. The van der Waals surface area contributed by atoms with Crippen molar-refractivity contribution in [1.29, 1.82) is 0 Å². The monoisotopic (exact) mass is 308 g/mol. The summed E-state index contributed by atoms with van der Waals surface area (Å²) in [4.78, 5) is 0.0613. The molecule has 2 aromatic rings. The molecule has 0 fully saturated rings. The van der Waals surface area contributed by atoms with Gasteiger partial charge in [0.05, 0.1) is 11.4 Å². The van der Waals surface area contributed by atoms with E-state index in [4.69, 9.17) is 5.73 Å². The van der Waals surface area contributed by atoms with E-state index in [0.29, 0.717) is 16.8 Å². The van der Waals surface area contributed by atoms with Gasteiger partial charge in [0.2, 0.25) is 0 Å². The van der Waals surface area contributed by atoms with E-state index in [-0.39, 0.29) is 10.6 Å². The maximum Gasteiger partial charge on any atom is 0.264 e. The van der Waals surface area contributed by atoms with E-state index < -0.39 is 15.8 Å². The molecular weight excluding hydrogens is 291 g/mol. The molecule has 2 aromatic carbocycles. The number of halogens is 1. The molecule has 21 heavy (non-hydrogen) atoms. The largest absolute Gasteiger partial charge is 0.398 e. The van der Waals surface area contributed by atoms with Crippen LogP contribution in [0.5, 0.6) is 0 Å². The molecule has 4 nitrogen and oxygen atoms in total. The van der Waals surface area contributed by atoms with Crippen LogP contribution in [0.1, 0.15) is 16.7 Å². The van der Waals surface area contributed by atoms with Gasteiger partial charge in [0.25, 0.3) is 10.0 Å². The lowest BCUT2D eigenvalue weighted by Crippen LogP contribution is -2.17. The Hall–Kier alpha value is -2.08. The molecule has 0 radical (unpaired) electrons. The first-order valence-corrected chi connectivity index (χ1v) is 7.85. The van der Waals surface area contributed by atoms with Crippen LogP contribution in [0.3, 0.4) is 0 Å². The summed E-state index contributed by atoms with van der Waals surface area (Å²) in [6, 6.07) is 7.20. The molecule has 0 aliphatic rings. The van der Waals surface area contributed by atoms with Crippen LogP contribution in [0, 0.1) is 26.6 Å². The Morgan fingerprint density at radius 2 is 1.71 bits per heavy atom. The molecule has 0 spiro atoms. The topological polar surface area (TPSA) is 72.2 Å². The highest BCUT2D eigenvalue weighted by molar-refractivity contribution is 7.93. The van der Waals surface area contributed by atoms with Gasteiger partial charge in [0, 0.05) is 0 Å². The summed E-state index contributed by atoms with van der Waals surface area (Å²) in [5, 5.41) is 0. The molecule has 2 rings (SSSR count). The van der Waals surface area contributed by atoms with Crippen LogP contribution in [-0.2, 0) is 10.0 Å². The van der Waals surface area contributed by atoms with Crippen LogP contribution < -0.4 is 10.5 Å². The van der Waals surface area contributed by atoms with Gasteiger partial charge in [0.1, 0.15) is 10.7 Å². The van der Waals surface area contributed by atoms with E-state index in [0.717, 1.165) is 5.56 Å². The van der Waals surface area contributed by atoms with E-state index in [1.807, 2.05) is 6.92 Å². The van der Waals surface area contributed by atoms with Gasteiger partial charge in [-0.15, -0.1) is 0 Å². The minimum Gasteiger partial charge on any atom is -0.398 e. The molecule has 0 heterocycles. The maximum atomic E-state index is 13.1. The third-order valence-corrected chi connectivity index (χ3v) is 4.98. The van der Waals surface area contributed by atoms with Crippen LogP contribution in [0.15, 0.2) is 35.2 Å².